The SMILES string of the molecule is CCN1C(=O)c2cn(C)c(=O)c(N3CCOCC3)c2C1=O. The monoisotopic (exact) mass is 291 g/mol. The third-order valence-corrected chi connectivity index (χ3v) is 3.93. The number of hydrogen-bond acceptors (Lipinski definition) is 5. The van der Waals surface area contributed by atoms with E-state index >= 15 is 0 Å². The third kappa shape index (κ3) is 1.96. The van der Waals surface area contributed by atoms with Gasteiger partial charge in [-0.15, -0.1) is 0 Å². The zero-order valence-electron chi connectivity index (χ0n) is 12.1. The van der Waals surface area contributed by atoms with Crippen LogP contribution in [0.4, 0.5) is 5.69 Å². The highest BCUT2D eigenvalue weighted by atomic mass is 16.5. The predicted molar refractivity (Wildman–Crippen MR) is 75.8 cm³/mol. The summed E-state index contributed by atoms with van der Waals surface area (Å²) in [5, 5.41) is 0. The fraction of sp³-hybridized carbons (Fsp3) is 0.500. The molecule has 0 aromatic carbocycles. The van der Waals surface area contributed by atoms with Gasteiger partial charge < -0.3 is 14.2 Å². The van der Waals surface area contributed by atoms with Crippen molar-refractivity contribution in [3.8, 4) is 0 Å². The quantitative estimate of drug-likeness (QED) is 0.708. The molecule has 2 aliphatic rings. The molecule has 0 atom stereocenters. The van der Waals surface area contributed by atoms with Crippen LogP contribution in [0.3, 0.4) is 0 Å². The highest BCUT2D eigenvalue weighted by molar-refractivity contribution is 6.23. The second-order valence-corrected chi connectivity index (χ2v) is 5.14. The Bertz CT molecular complexity index is 674. The van der Waals surface area contributed by atoms with Gasteiger partial charge in [0.1, 0.15) is 5.69 Å². The van der Waals surface area contributed by atoms with Crippen molar-refractivity contribution < 1.29 is 14.3 Å². The van der Waals surface area contributed by atoms with Crippen LogP contribution in [0.1, 0.15) is 27.6 Å². The van der Waals surface area contributed by atoms with Crippen molar-refractivity contribution >= 4 is 17.5 Å². The van der Waals surface area contributed by atoms with Gasteiger partial charge in [-0.1, -0.05) is 0 Å². The molecule has 7 heteroatoms. The third-order valence-electron chi connectivity index (χ3n) is 3.93. The highest BCUT2D eigenvalue weighted by Crippen LogP contribution is 2.29. The molecule has 112 valence electrons. The first-order chi connectivity index (χ1) is 10.1. The highest BCUT2D eigenvalue weighted by Gasteiger charge is 2.39. The minimum atomic E-state index is -0.378. The van der Waals surface area contributed by atoms with E-state index in [1.54, 1.807) is 14.0 Å². The van der Waals surface area contributed by atoms with Crippen LogP contribution in [0, 0.1) is 0 Å². The second kappa shape index (κ2) is 5.00. The molecule has 0 saturated carbocycles. The number of carbonyl (C=O) groups excluding carboxylic acids is 2. The number of carbonyl (C=O) groups is 2. The van der Waals surface area contributed by atoms with Gasteiger partial charge in [-0.25, -0.2) is 0 Å². The van der Waals surface area contributed by atoms with E-state index in [2.05, 4.69) is 0 Å². The Hall–Kier alpha value is -2.15. The van der Waals surface area contributed by atoms with Crippen LogP contribution < -0.4 is 10.5 Å². The molecule has 3 rings (SSSR count). The summed E-state index contributed by atoms with van der Waals surface area (Å²) in [6.45, 7) is 4.14. The first-order valence-corrected chi connectivity index (χ1v) is 6.98. The maximum Gasteiger partial charge on any atom is 0.274 e. The number of ether oxygens (including phenoxy) is 1. The number of nitrogens with zero attached hydrogens (tertiary/aromatic N) is 3. The Balaban J connectivity index is 2.21. The number of fused-ring (bicyclic) bond motifs is 1. The van der Waals surface area contributed by atoms with Gasteiger partial charge in [0.15, 0.2) is 0 Å². The average molecular weight is 291 g/mol. The Kier molecular flexibility index (Phi) is 3.29. The van der Waals surface area contributed by atoms with E-state index in [4.69, 9.17) is 4.74 Å². The van der Waals surface area contributed by atoms with Gasteiger partial charge in [-0.3, -0.25) is 19.3 Å². The van der Waals surface area contributed by atoms with Crippen molar-refractivity contribution in [1.82, 2.24) is 9.47 Å². The van der Waals surface area contributed by atoms with Crippen molar-refractivity contribution in [2.24, 2.45) is 7.05 Å². The number of pyridine rings is 1. The van der Waals surface area contributed by atoms with Crippen molar-refractivity contribution in [1.29, 1.82) is 0 Å². The molecule has 2 aliphatic heterocycles. The molecule has 0 N–H and O–H groups in total. The van der Waals surface area contributed by atoms with Crippen LogP contribution in [0.15, 0.2) is 11.0 Å². The molecule has 1 saturated heterocycles. The van der Waals surface area contributed by atoms with E-state index in [9.17, 15) is 14.4 Å². The minimum Gasteiger partial charge on any atom is -0.378 e. The molecule has 2 amide bonds. The fourth-order valence-electron chi connectivity index (χ4n) is 2.84. The van der Waals surface area contributed by atoms with Crippen molar-refractivity contribution in [2.45, 2.75) is 6.92 Å². The molecule has 3 heterocycles. The standard InChI is InChI=1S/C14H17N3O4/c1-3-17-12(18)9-8-15(2)14(20)11(10(9)13(17)19)16-4-6-21-7-5-16/h8H,3-7H2,1-2H3. The lowest BCUT2D eigenvalue weighted by atomic mass is 10.1. The second-order valence-electron chi connectivity index (χ2n) is 5.14. The molecule has 0 aliphatic carbocycles. The predicted octanol–water partition coefficient (Wildman–Crippen LogP) is -0.162. The first-order valence-electron chi connectivity index (χ1n) is 6.98. The summed E-state index contributed by atoms with van der Waals surface area (Å²) >= 11 is 0. The summed E-state index contributed by atoms with van der Waals surface area (Å²) in [5.74, 6) is -0.709. The van der Waals surface area contributed by atoms with Gasteiger partial charge in [0.25, 0.3) is 17.4 Å². The zero-order chi connectivity index (χ0) is 15.1. The molecule has 0 unspecified atom stereocenters. The minimum absolute atomic E-state index is 0.242. The lowest BCUT2D eigenvalue weighted by Gasteiger charge is -2.29. The van der Waals surface area contributed by atoms with Gasteiger partial charge in [-0.05, 0) is 6.92 Å². The average Bonchev–Trinajstić information content (AvgIpc) is 2.72. The van der Waals surface area contributed by atoms with E-state index < -0.39 is 0 Å². The summed E-state index contributed by atoms with van der Waals surface area (Å²) in [4.78, 5) is 40.2. The van der Waals surface area contributed by atoms with Crippen LogP contribution in [-0.4, -0.2) is 54.1 Å². The van der Waals surface area contributed by atoms with E-state index in [0.29, 0.717) is 44.1 Å². The molecule has 0 bridgehead atoms. The topological polar surface area (TPSA) is 71.8 Å². The maximum absolute atomic E-state index is 12.5. The van der Waals surface area contributed by atoms with E-state index in [1.165, 1.54) is 15.7 Å². The van der Waals surface area contributed by atoms with Crippen LogP contribution in [0.25, 0.3) is 0 Å². The number of amides is 2. The van der Waals surface area contributed by atoms with Gasteiger partial charge in [0, 0.05) is 32.9 Å². The smallest absolute Gasteiger partial charge is 0.274 e. The number of aryl methyl sites for hydroxylation is 1. The van der Waals surface area contributed by atoms with E-state index in [0.717, 1.165) is 0 Å². The summed E-state index contributed by atoms with van der Waals surface area (Å²) in [6, 6.07) is 0. The summed E-state index contributed by atoms with van der Waals surface area (Å²) < 4.78 is 6.66. The largest absolute Gasteiger partial charge is 0.378 e. The van der Waals surface area contributed by atoms with Crippen molar-refractivity contribution in [2.75, 3.05) is 37.7 Å². The van der Waals surface area contributed by atoms with Crippen LogP contribution in [0.5, 0.6) is 0 Å². The molecule has 1 aromatic heterocycles. The number of hydrogen-bond donors (Lipinski definition) is 0. The Labute approximate surface area is 121 Å². The Morgan fingerprint density at radius 3 is 2.43 bits per heavy atom. The Morgan fingerprint density at radius 1 is 1.14 bits per heavy atom. The molecular weight excluding hydrogens is 274 g/mol. The number of aromatic nitrogens is 1. The molecule has 0 spiro atoms. The molecule has 1 fully saturated rings. The lowest BCUT2D eigenvalue weighted by Crippen LogP contribution is -2.41. The number of imide groups is 1. The molecule has 21 heavy (non-hydrogen) atoms. The number of rotatable bonds is 2. The van der Waals surface area contributed by atoms with Gasteiger partial charge in [0.2, 0.25) is 0 Å². The van der Waals surface area contributed by atoms with Crippen LogP contribution in [-0.2, 0) is 11.8 Å². The van der Waals surface area contributed by atoms with Gasteiger partial charge in [-0.2, -0.15) is 0 Å². The normalized spacial score (nSPS) is 18.4. The van der Waals surface area contributed by atoms with Gasteiger partial charge in [0.05, 0.1) is 24.3 Å². The molecule has 1 aromatic rings. The van der Waals surface area contributed by atoms with E-state index in [1.807, 2.05) is 4.90 Å². The molecule has 7 nitrogen and oxygen atoms in total. The number of anilines is 1. The molecular formula is C14H17N3O4. The summed E-state index contributed by atoms with van der Waals surface area (Å²) in [7, 11) is 1.60. The van der Waals surface area contributed by atoms with E-state index in [-0.39, 0.29) is 22.9 Å². The van der Waals surface area contributed by atoms with Gasteiger partial charge >= 0.3 is 0 Å². The summed E-state index contributed by atoms with van der Waals surface area (Å²) in [6.07, 6.45) is 1.46. The lowest BCUT2D eigenvalue weighted by molar-refractivity contribution is 0.0662. The zero-order valence-corrected chi connectivity index (χ0v) is 12.1. The first kappa shape index (κ1) is 13.8. The summed E-state index contributed by atoms with van der Waals surface area (Å²) in [5.41, 5.74) is 0.625. The maximum atomic E-state index is 12.5. The number of morpholine rings is 1. The fourth-order valence-corrected chi connectivity index (χ4v) is 2.84. The van der Waals surface area contributed by atoms with Crippen molar-refractivity contribution in [3.63, 3.8) is 0 Å². The van der Waals surface area contributed by atoms with Crippen molar-refractivity contribution in [3.05, 3.63) is 27.7 Å². The van der Waals surface area contributed by atoms with Crippen LogP contribution >= 0.6 is 0 Å². The molecule has 0 radical (unpaired) electrons. The van der Waals surface area contributed by atoms with Crippen LogP contribution in [0.2, 0.25) is 0 Å². The Morgan fingerprint density at radius 2 is 1.81 bits per heavy atom.